The Balaban J connectivity index is 1.69. The fourth-order valence-corrected chi connectivity index (χ4v) is 9.83. The molecule has 2 fully saturated rings. The zero-order chi connectivity index (χ0) is 21.6. The van der Waals surface area contributed by atoms with Crippen molar-refractivity contribution in [2.45, 2.75) is 70.2 Å². The van der Waals surface area contributed by atoms with Gasteiger partial charge in [-0.3, -0.25) is 0 Å². The van der Waals surface area contributed by atoms with E-state index in [1.54, 1.807) is 0 Å². The average molecular weight is 427 g/mol. The number of hydrogen-bond donors (Lipinski definition) is 1. The van der Waals surface area contributed by atoms with Crippen molar-refractivity contribution < 1.29 is 19.0 Å². The van der Waals surface area contributed by atoms with Crippen LogP contribution in [0.3, 0.4) is 0 Å². The minimum Gasteiger partial charge on any atom is -0.407 e. The summed E-state index contributed by atoms with van der Waals surface area (Å²) in [5.41, 5.74) is 0. The van der Waals surface area contributed by atoms with E-state index in [0.717, 1.165) is 0 Å². The van der Waals surface area contributed by atoms with E-state index in [1.807, 2.05) is 13.8 Å². The van der Waals surface area contributed by atoms with Crippen molar-refractivity contribution in [3.8, 4) is 0 Å². The molecule has 30 heavy (non-hydrogen) atoms. The van der Waals surface area contributed by atoms with Gasteiger partial charge < -0.3 is 19.0 Å². The van der Waals surface area contributed by atoms with E-state index in [0.29, 0.717) is 13.0 Å². The zero-order valence-electron chi connectivity index (χ0n) is 18.7. The third kappa shape index (κ3) is 3.78. The molecule has 4 atom stereocenters. The van der Waals surface area contributed by atoms with Gasteiger partial charge in [0.15, 0.2) is 5.79 Å². The third-order valence-electron chi connectivity index (χ3n) is 6.48. The molecule has 0 radical (unpaired) electrons. The second-order valence-electron chi connectivity index (χ2n) is 10.1. The molecule has 0 aromatic heterocycles. The van der Waals surface area contributed by atoms with Gasteiger partial charge >= 0.3 is 0 Å². The Kier molecular flexibility index (Phi) is 5.70. The Bertz CT molecular complexity index is 807. The Morgan fingerprint density at radius 3 is 1.93 bits per heavy atom. The molecule has 1 saturated heterocycles. The molecule has 1 aliphatic carbocycles. The topological polar surface area (TPSA) is 47.9 Å². The molecule has 4 nitrogen and oxygen atoms in total. The predicted octanol–water partition coefficient (Wildman–Crippen LogP) is 3.46. The normalized spacial score (nSPS) is 28.5. The van der Waals surface area contributed by atoms with Gasteiger partial charge in [-0.2, -0.15) is 0 Å². The zero-order valence-corrected chi connectivity index (χ0v) is 19.7. The number of rotatable bonds is 5. The van der Waals surface area contributed by atoms with Crippen LogP contribution in [0, 0.1) is 5.92 Å². The maximum Gasteiger partial charge on any atom is 0.261 e. The Morgan fingerprint density at radius 2 is 1.43 bits per heavy atom. The Labute approximate surface area is 181 Å². The smallest absolute Gasteiger partial charge is 0.261 e. The van der Waals surface area contributed by atoms with Gasteiger partial charge in [0.05, 0.1) is 12.2 Å². The van der Waals surface area contributed by atoms with Crippen LogP contribution >= 0.6 is 0 Å². The summed E-state index contributed by atoms with van der Waals surface area (Å²) in [6.07, 6.45) is -0.269. The minimum absolute atomic E-state index is 0.0708. The van der Waals surface area contributed by atoms with Gasteiger partial charge in [-0.15, -0.1) is 0 Å². The van der Waals surface area contributed by atoms with E-state index < -0.39 is 20.2 Å². The number of aliphatic hydroxyl groups is 1. The summed E-state index contributed by atoms with van der Waals surface area (Å²) in [5.74, 6) is -0.555. The van der Waals surface area contributed by atoms with Crippen LogP contribution in [0.2, 0.25) is 5.04 Å². The lowest BCUT2D eigenvalue weighted by Crippen LogP contribution is -2.67. The van der Waals surface area contributed by atoms with Crippen LogP contribution in [0.1, 0.15) is 41.0 Å². The van der Waals surface area contributed by atoms with Crippen molar-refractivity contribution in [3.63, 3.8) is 0 Å². The molecule has 2 aromatic rings. The summed E-state index contributed by atoms with van der Waals surface area (Å²) in [5, 5.41) is 13.0. The first-order chi connectivity index (χ1) is 14.1. The second kappa shape index (κ2) is 7.88. The molecule has 2 aliphatic rings. The molecule has 2 aromatic carbocycles. The molecule has 4 rings (SSSR count). The number of fused-ring (bicyclic) bond motifs is 1. The highest BCUT2D eigenvalue weighted by Gasteiger charge is 2.55. The summed E-state index contributed by atoms with van der Waals surface area (Å²) in [4.78, 5) is 0. The van der Waals surface area contributed by atoms with Gasteiger partial charge in [-0.05, 0) is 35.7 Å². The highest BCUT2D eigenvalue weighted by atomic mass is 28.4. The molecule has 1 N–H and O–H groups in total. The quantitative estimate of drug-likeness (QED) is 0.744. The van der Waals surface area contributed by atoms with Crippen LogP contribution in [-0.4, -0.2) is 44.1 Å². The lowest BCUT2D eigenvalue weighted by atomic mass is 10.1. The Hall–Kier alpha value is -1.50. The maximum absolute atomic E-state index is 10.6. The van der Waals surface area contributed by atoms with Crippen molar-refractivity contribution in [2.75, 3.05) is 6.61 Å². The van der Waals surface area contributed by atoms with Crippen molar-refractivity contribution in [2.24, 2.45) is 5.92 Å². The van der Waals surface area contributed by atoms with Gasteiger partial charge in [-0.25, -0.2) is 0 Å². The minimum atomic E-state index is -2.60. The number of aliphatic hydroxyl groups excluding tert-OH is 1. The van der Waals surface area contributed by atoms with E-state index in [9.17, 15) is 5.11 Å². The molecule has 162 valence electrons. The van der Waals surface area contributed by atoms with E-state index in [4.69, 9.17) is 13.9 Å². The first-order valence-electron chi connectivity index (χ1n) is 10.9. The summed E-state index contributed by atoms with van der Waals surface area (Å²) in [7, 11) is -2.60. The molecule has 0 amide bonds. The van der Waals surface area contributed by atoms with Gasteiger partial charge in [0.2, 0.25) is 0 Å². The number of ether oxygens (including phenoxy) is 2. The molecule has 1 aliphatic heterocycles. The largest absolute Gasteiger partial charge is 0.407 e. The SMILES string of the molecule is CC1(C)O[C@@H]2[C@@H](CO[Si](c3ccccc3)(c3ccccc3)C(C)(C)C)C[C@@H](O)[C@@H]2O1. The summed E-state index contributed by atoms with van der Waals surface area (Å²) in [6.45, 7) is 11.2. The number of benzene rings is 2. The second-order valence-corrected chi connectivity index (χ2v) is 14.4. The molecule has 0 unspecified atom stereocenters. The molecule has 0 spiro atoms. The van der Waals surface area contributed by atoms with Gasteiger partial charge in [0, 0.05) is 12.5 Å². The lowest BCUT2D eigenvalue weighted by Gasteiger charge is -2.43. The molecule has 5 heteroatoms. The van der Waals surface area contributed by atoms with E-state index in [-0.39, 0.29) is 23.2 Å². The highest BCUT2D eigenvalue weighted by Crippen LogP contribution is 2.43. The average Bonchev–Trinajstić information content (AvgIpc) is 3.17. The van der Waals surface area contributed by atoms with Crippen molar-refractivity contribution in [1.82, 2.24) is 0 Å². The van der Waals surface area contributed by atoms with Crippen LogP contribution in [-0.2, 0) is 13.9 Å². The summed E-state index contributed by atoms with van der Waals surface area (Å²) in [6, 6.07) is 21.3. The monoisotopic (exact) mass is 426 g/mol. The van der Waals surface area contributed by atoms with Crippen LogP contribution in [0.5, 0.6) is 0 Å². The fourth-order valence-electron chi connectivity index (χ4n) is 5.21. The summed E-state index contributed by atoms with van der Waals surface area (Å²) >= 11 is 0. The lowest BCUT2D eigenvalue weighted by molar-refractivity contribution is -0.167. The highest BCUT2D eigenvalue weighted by molar-refractivity contribution is 6.99. The Morgan fingerprint density at radius 1 is 0.933 bits per heavy atom. The van der Waals surface area contributed by atoms with Gasteiger partial charge in [0.1, 0.15) is 6.10 Å². The van der Waals surface area contributed by atoms with Crippen LogP contribution in [0.15, 0.2) is 60.7 Å². The standard InChI is InChI=1S/C25H34O4Si/c1-24(2,3)30(19-12-8-6-9-13-19,20-14-10-7-11-15-20)27-17-18-16-21(26)23-22(18)28-25(4,5)29-23/h6-15,18,21-23,26H,16-17H2,1-5H3/t18-,21-,22-,23+/m1/s1. The maximum atomic E-state index is 10.6. The third-order valence-corrected chi connectivity index (χ3v) is 11.5. The summed E-state index contributed by atoms with van der Waals surface area (Å²) < 4.78 is 19.2. The first-order valence-corrected chi connectivity index (χ1v) is 12.8. The molecule has 1 heterocycles. The predicted molar refractivity (Wildman–Crippen MR) is 122 cm³/mol. The van der Waals surface area contributed by atoms with Crippen molar-refractivity contribution in [1.29, 1.82) is 0 Å². The van der Waals surface area contributed by atoms with Crippen molar-refractivity contribution in [3.05, 3.63) is 60.7 Å². The van der Waals surface area contributed by atoms with Gasteiger partial charge in [0.25, 0.3) is 8.32 Å². The van der Waals surface area contributed by atoms with Crippen LogP contribution < -0.4 is 10.4 Å². The molecular formula is C25H34O4Si. The molecule has 0 bridgehead atoms. The van der Waals surface area contributed by atoms with E-state index >= 15 is 0 Å². The van der Waals surface area contributed by atoms with Crippen LogP contribution in [0.4, 0.5) is 0 Å². The molecular weight excluding hydrogens is 392 g/mol. The van der Waals surface area contributed by atoms with Gasteiger partial charge in [-0.1, -0.05) is 81.4 Å². The van der Waals surface area contributed by atoms with Crippen LogP contribution in [0.25, 0.3) is 0 Å². The first kappa shape index (κ1) is 21.7. The van der Waals surface area contributed by atoms with E-state index in [1.165, 1.54) is 10.4 Å². The molecule has 1 saturated carbocycles. The number of hydrogen-bond acceptors (Lipinski definition) is 4. The van der Waals surface area contributed by atoms with E-state index in [2.05, 4.69) is 81.4 Å². The fraction of sp³-hybridized carbons (Fsp3) is 0.520. The van der Waals surface area contributed by atoms with Crippen molar-refractivity contribution >= 4 is 18.7 Å².